The molecule has 0 radical (unpaired) electrons. The number of carboxylic acid groups (broad SMARTS) is 4. The molecule has 10 aromatic carbocycles. The van der Waals surface area contributed by atoms with Crippen molar-refractivity contribution in [1.29, 1.82) is 0 Å². The molecule has 0 fully saturated rings. The summed E-state index contributed by atoms with van der Waals surface area (Å²) in [6, 6.07) is 31.8. The number of ketones is 3. The third-order valence-corrected chi connectivity index (χ3v) is 23.6. The van der Waals surface area contributed by atoms with Crippen LogP contribution in [0.3, 0.4) is 0 Å². The van der Waals surface area contributed by atoms with Crippen molar-refractivity contribution in [2.45, 2.75) is 81.2 Å². The number of aromatic carboxylic acids is 2. The molecule has 45 heteroatoms. The number of carbonyl (C=O) groups excluding carboxylic acids is 5. The number of carboxylic acids is 4. The number of anilines is 2. The van der Waals surface area contributed by atoms with Crippen molar-refractivity contribution >= 4 is 147 Å². The van der Waals surface area contributed by atoms with Crippen LogP contribution >= 0.6 is 0 Å². The molecule has 662 valence electrons. The second kappa shape index (κ2) is 39.0. The molecule has 11 rings (SSSR count). The molecule has 11 N–H and O–H groups in total. The highest BCUT2D eigenvalue weighted by atomic mass is 32.2. The molecule has 39 nitrogen and oxygen atoms in total. The number of aromatic hydroxyl groups is 3. The molecule has 2 amide bonds. The Kier molecular flexibility index (Phi) is 29.8. The van der Waals surface area contributed by atoms with E-state index in [0.717, 1.165) is 36.8 Å². The number of phenolic OH excluding ortho intramolecular Hbond substituents is 1. The number of allylic oxidation sites excluding steroid dienone is 3. The highest BCUT2D eigenvalue weighted by Crippen LogP contribution is 2.43. The van der Waals surface area contributed by atoms with Gasteiger partial charge < -0.3 is 78.8 Å². The number of amides is 2. The number of hydrogen-bond acceptors (Lipinski definition) is 31. The van der Waals surface area contributed by atoms with Crippen LogP contribution in [0.5, 0.6) is 34.5 Å². The van der Waals surface area contributed by atoms with Crippen LogP contribution in [-0.4, -0.2) is 186 Å². The minimum absolute atomic E-state index is 0.00157. The van der Waals surface area contributed by atoms with Crippen LogP contribution in [0.25, 0.3) is 21.5 Å². The van der Waals surface area contributed by atoms with E-state index in [1.807, 2.05) is 6.92 Å². The van der Waals surface area contributed by atoms with Gasteiger partial charge in [-0.05, 0) is 175 Å². The Bertz CT molecular complexity index is 6640. The highest BCUT2D eigenvalue weighted by molar-refractivity contribution is 7.88. The lowest BCUT2D eigenvalue weighted by Crippen LogP contribution is -2.20. The lowest BCUT2D eigenvalue weighted by molar-refractivity contribution is -0.139. The molecule has 0 spiro atoms. The van der Waals surface area contributed by atoms with Crippen LogP contribution in [0, 0.1) is 5.92 Å². The number of ether oxygens (including phenoxy) is 3. The first-order valence-electron chi connectivity index (χ1n) is 35.9. The highest BCUT2D eigenvalue weighted by Gasteiger charge is 2.32. The van der Waals surface area contributed by atoms with E-state index in [-0.39, 0.29) is 65.4 Å². The molecule has 0 bridgehead atoms. The first kappa shape index (κ1) is 96.1. The SMILES string of the molecule is CCCc1c(OCCCOc2ccc(OCC(=O)O)cc2)ccc(C(C)=O)c1O.O=C(Cc1cccc(C(=O)Nc2ccc(S(=O)(=O)O)c3cc(S(=O)(=O)[O-])cc(S(=O)(=O)[O-])c23)c1)Cc1cccc(C(=O)Nc2ccc(S(=O)(=O)O)c3cc(S(=O)(=O)[O-])cc(S(=O)(=O)[O-])c23)c1.O=C(O)C1=CC(C(c2ccc(O)c(C(=O)O)c2)c2ccc(O)c(C(=O)O)c2)C=CC1=O. The van der Waals surface area contributed by atoms with Gasteiger partial charge in [-0.15, -0.1) is 0 Å². The number of Topliss-reactive ketones (excluding diaryl/α,β-unsaturated/α-hetero) is 2. The monoisotopic (exact) mass is 1850 g/mol. The number of phenols is 3. The Hall–Kier alpha value is -13.7. The van der Waals surface area contributed by atoms with Gasteiger partial charge in [0.25, 0.3) is 32.1 Å². The second-order valence-corrected chi connectivity index (χ2v) is 35.4. The molecule has 1 aliphatic carbocycles. The summed E-state index contributed by atoms with van der Waals surface area (Å²) >= 11 is 0. The summed E-state index contributed by atoms with van der Waals surface area (Å²) in [5, 5.41) is 67.5. The number of hydrogen-bond donors (Lipinski definition) is 11. The van der Waals surface area contributed by atoms with E-state index in [0.29, 0.717) is 89.8 Å². The Labute approximate surface area is 714 Å². The lowest BCUT2D eigenvalue weighted by Gasteiger charge is -2.26. The first-order chi connectivity index (χ1) is 58.7. The Morgan fingerprint density at radius 3 is 1.33 bits per heavy atom. The maximum absolute atomic E-state index is 13.4. The van der Waals surface area contributed by atoms with Crippen molar-refractivity contribution in [3.05, 3.63) is 249 Å². The van der Waals surface area contributed by atoms with Gasteiger partial charge in [0.15, 0.2) is 18.2 Å². The molecule has 0 heterocycles. The maximum atomic E-state index is 13.4. The summed E-state index contributed by atoms with van der Waals surface area (Å²) in [6.07, 6.45) is 5.05. The molecule has 0 aromatic heterocycles. The fourth-order valence-corrected chi connectivity index (χ4v) is 16.9. The summed E-state index contributed by atoms with van der Waals surface area (Å²) in [6.45, 7) is 3.86. The summed E-state index contributed by atoms with van der Waals surface area (Å²) in [5.41, 5.74) is -0.845. The van der Waals surface area contributed by atoms with Crippen LogP contribution in [0.4, 0.5) is 11.4 Å². The minimum atomic E-state index is -5.71. The smallest absolute Gasteiger partial charge is 0.341 e. The third-order valence-electron chi connectivity index (χ3n) is 18.4. The van der Waals surface area contributed by atoms with Gasteiger partial charge in [0.05, 0.1) is 49.7 Å². The van der Waals surface area contributed by atoms with E-state index < -0.39 is 210 Å². The van der Waals surface area contributed by atoms with E-state index in [4.69, 9.17) is 19.3 Å². The zero-order valence-electron chi connectivity index (χ0n) is 64.6. The average Bonchev–Trinajstić information content (AvgIpc) is 0.738. The van der Waals surface area contributed by atoms with Crippen LogP contribution < -0.4 is 24.8 Å². The van der Waals surface area contributed by atoms with Gasteiger partial charge in [0.2, 0.25) is 0 Å². The summed E-state index contributed by atoms with van der Waals surface area (Å²) in [7, 11) is -33.0. The summed E-state index contributed by atoms with van der Waals surface area (Å²) in [4.78, 5) is 101. The largest absolute Gasteiger partial charge is 0.744 e. The fraction of sp³-hybridized carbons (Fsp3) is 0.148. The average molecular weight is 1850 g/mol. The molecular weight excluding hydrogens is 1790 g/mol. The number of fused-ring (bicyclic) bond motifs is 2. The number of carbonyl (C=O) groups is 9. The van der Waals surface area contributed by atoms with Crippen LogP contribution in [-0.2, 0) is 99.1 Å². The Morgan fingerprint density at radius 2 is 0.929 bits per heavy atom. The van der Waals surface area contributed by atoms with Crippen LogP contribution in [0.2, 0.25) is 0 Å². The molecule has 1 aliphatic rings. The van der Waals surface area contributed by atoms with Gasteiger partial charge in [-0.1, -0.05) is 61.9 Å². The Morgan fingerprint density at radius 1 is 0.484 bits per heavy atom. The normalized spacial score (nSPS) is 12.9. The third kappa shape index (κ3) is 24.0. The van der Waals surface area contributed by atoms with E-state index >= 15 is 0 Å². The predicted octanol–water partition coefficient (Wildman–Crippen LogP) is 8.21. The molecule has 0 saturated carbocycles. The van der Waals surface area contributed by atoms with E-state index in [9.17, 15) is 152 Å². The predicted molar refractivity (Wildman–Crippen MR) is 433 cm³/mol. The number of nitrogens with one attached hydrogen (secondary N) is 2. The molecule has 10 aromatic rings. The van der Waals surface area contributed by atoms with Gasteiger partial charge in [-0.3, -0.25) is 33.1 Å². The van der Waals surface area contributed by atoms with Gasteiger partial charge in [0, 0.05) is 69.3 Å². The van der Waals surface area contributed by atoms with Crippen LogP contribution in [0.15, 0.2) is 223 Å². The summed E-state index contributed by atoms with van der Waals surface area (Å²) < 4.78 is 229. The van der Waals surface area contributed by atoms with Crippen molar-refractivity contribution in [3.8, 4) is 34.5 Å². The number of aliphatic carboxylic acids is 2. The maximum Gasteiger partial charge on any atom is 0.341 e. The minimum Gasteiger partial charge on any atom is -0.744 e. The van der Waals surface area contributed by atoms with Crippen molar-refractivity contribution in [2.75, 3.05) is 30.5 Å². The number of rotatable bonds is 32. The zero-order chi connectivity index (χ0) is 93.2. The molecule has 0 aliphatic heterocycles. The molecule has 1 atom stereocenters. The summed E-state index contributed by atoms with van der Waals surface area (Å²) in [5.74, 6) is -9.65. The lowest BCUT2D eigenvalue weighted by atomic mass is 9.77. The first-order valence-corrected chi connectivity index (χ1v) is 44.4. The van der Waals surface area contributed by atoms with E-state index in [1.165, 1.54) is 91.9 Å². The standard InChI is InChI=1S/C37H28N2O21S6.C22H16O9.C22H26O7/c40-23(13-19-3-1-5-21(11-19)36(41)38-28-7-9-30(63(49,50)51)26-15-24(61(43,44)45)17-32(34(26)28)65(55,56)57)14-20-4-2-6-22(12-20)37(42)39-29-8-10-31(64(52,53)54)27-16-25(62(46,47)48)18-33(35(27)29)66(58,59)60;23-16-4-1-10(7-13(16)20(26)27)19(11-2-5-17(24)14(8-11)21(28)29)12-3-6-18(25)15(9-12)22(30)31;1-3-5-19-20(11-10-18(15(2)23)22(19)26)28-13-4-12-27-16-6-8-17(9-7-16)29-14-21(24)25/h1-12,15-18H,13-14H2,(H,38,41)(H,39,42)(H,43,44,45)(H,46,47,48)(H,49,50,51)(H,52,53,54)(H,55,56,57)(H,58,59,60);1-10,19,24-25H,(H,26,27)(H,28,29)(H,30,31);6-11,26H,3-5,12-14H2,1-2H3,(H,24,25)/p-4. The van der Waals surface area contributed by atoms with Crippen LogP contribution in [0.1, 0.15) is 112 Å². The van der Waals surface area contributed by atoms with Crippen molar-refractivity contribution in [2.24, 2.45) is 5.92 Å². The fourth-order valence-electron chi connectivity index (χ4n) is 12.9. The molecule has 126 heavy (non-hydrogen) atoms. The van der Waals surface area contributed by atoms with Gasteiger partial charge in [-0.25, -0.2) is 52.8 Å². The molecule has 0 saturated heterocycles. The quantitative estimate of drug-likeness (QED) is 0.00818. The molecule has 1 unspecified atom stereocenters. The van der Waals surface area contributed by atoms with Crippen molar-refractivity contribution in [1.82, 2.24) is 0 Å². The van der Waals surface area contributed by atoms with Crippen molar-refractivity contribution < 1.29 is 171 Å². The number of benzene rings is 10. The second-order valence-electron chi connectivity index (χ2n) is 27.2. The molecular formula is C81H66N2O37S6-4. The van der Waals surface area contributed by atoms with E-state index in [2.05, 4.69) is 10.6 Å². The van der Waals surface area contributed by atoms with Gasteiger partial charge in [-0.2, -0.15) is 16.8 Å². The zero-order valence-corrected chi connectivity index (χ0v) is 69.5. The van der Waals surface area contributed by atoms with Gasteiger partial charge in [0.1, 0.15) is 107 Å². The van der Waals surface area contributed by atoms with Gasteiger partial charge >= 0.3 is 23.9 Å². The van der Waals surface area contributed by atoms with Crippen molar-refractivity contribution in [3.63, 3.8) is 0 Å². The van der Waals surface area contributed by atoms with E-state index in [1.54, 1.807) is 36.4 Å². The topological polar surface area (TPSA) is 685 Å². The Balaban J connectivity index is 0.000000247.